The highest BCUT2D eigenvalue weighted by atomic mass is 16.6. The number of nitrogens with one attached hydrogen (secondary N) is 1. The molecule has 2 atom stereocenters. The molecule has 128 valence electrons. The summed E-state index contributed by atoms with van der Waals surface area (Å²) < 4.78 is 0. The van der Waals surface area contributed by atoms with Crippen LogP contribution in [0, 0.1) is 26.4 Å². The molecule has 2 saturated carbocycles. The van der Waals surface area contributed by atoms with Crippen LogP contribution in [-0.2, 0) is 4.79 Å². The topological polar surface area (TPSA) is 105 Å². The Morgan fingerprint density at radius 1 is 1.25 bits per heavy atom. The third-order valence-corrected chi connectivity index (χ3v) is 6.63. The molecular formula is C17H21N3O4. The molecule has 0 radical (unpaired) electrons. The van der Waals surface area contributed by atoms with Crippen LogP contribution >= 0.6 is 0 Å². The van der Waals surface area contributed by atoms with E-state index in [4.69, 9.17) is 0 Å². The van der Waals surface area contributed by atoms with Gasteiger partial charge in [0.25, 0.3) is 5.69 Å². The standard InChI is InChI=1S/C17H21N3O4/c1-15(2)16(3)8-9-17(15,10-13(16)19-22)14(21)18-11-4-6-12(7-5-11)20(23)24/h4-7,22H,8-10H2,1-3H3,(H,18,21)/b19-13+. The molecule has 2 aliphatic carbocycles. The fourth-order valence-electron chi connectivity index (χ4n) is 4.45. The molecule has 1 aromatic rings. The van der Waals surface area contributed by atoms with E-state index in [1.54, 1.807) is 0 Å². The van der Waals surface area contributed by atoms with Gasteiger partial charge in [-0.15, -0.1) is 0 Å². The second kappa shape index (κ2) is 5.03. The third kappa shape index (κ3) is 1.90. The number of fused-ring (bicyclic) bond motifs is 2. The number of carbonyl (C=O) groups excluding carboxylic acids is 1. The largest absolute Gasteiger partial charge is 0.411 e. The monoisotopic (exact) mass is 331 g/mol. The van der Waals surface area contributed by atoms with Gasteiger partial charge in [-0.05, 0) is 30.4 Å². The first kappa shape index (κ1) is 16.4. The van der Waals surface area contributed by atoms with Crippen molar-refractivity contribution in [2.45, 2.75) is 40.0 Å². The minimum Gasteiger partial charge on any atom is -0.411 e. The molecule has 2 aliphatic rings. The fourth-order valence-corrected chi connectivity index (χ4v) is 4.45. The Labute approximate surface area is 139 Å². The summed E-state index contributed by atoms with van der Waals surface area (Å²) in [6.07, 6.45) is 1.97. The SMILES string of the molecule is CC12CCC(C(=O)Nc3ccc([N+](=O)[O-])cc3)(C/C1=N\O)C2(C)C. The number of nitro groups is 1. The van der Waals surface area contributed by atoms with Gasteiger partial charge in [0.1, 0.15) is 0 Å². The smallest absolute Gasteiger partial charge is 0.269 e. The fraction of sp³-hybridized carbons (Fsp3) is 0.529. The van der Waals surface area contributed by atoms with Crippen LogP contribution in [-0.4, -0.2) is 21.7 Å². The molecule has 0 aliphatic heterocycles. The Morgan fingerprint density at radius 3 is 2.38 bits per heavy atom. The molecule has 1 aromatic carbocycles. The number of benzene rings is 1. The molecule has 0 aromatic heterocycles. The zero-order valence-corrected chi connectivity index (χ0v) is 14.0. The summed E-state index contributed by atoms with van der Waals surface area (Å²) in [5, 5.41) is 26.4. The number of nitrogens with zero attached hydrogens (tertiary/aromatic N) is 2. The van der Waals surface area contributed by atoms with Crippen molar-refractivity contribution >= 4 is 23.0 Å². The van der Waals surface area contributed by atoms with Gasteiger partial charge in [-0.1, -0.05) is 25.9 Å². The maximum atomic E-state index is 13.1. The van der Waals surface area contributed by atoms with E-state index in [0.29, 0.717) is 17.8 Å². The van der Waals surface area contributed by atoms with Gasteiger partial charge in [-0.3, -0.25) is 14.9 Å². The molecule has 2 fully saturated rings. The second-order valence-electron chi connectivity index (χ2n) is 7.52. The van der Waals surface area contributed by atoms with Crippen molar-refractivity contribution in [3.05, 3.63) is 34.4 Å². The van der Waals surface area contributed by atoms with E-state index in [-0.39, 0.29) is 22.4 Å². The van der Waals surface area contributed by atoms with Gasteiger partial charge >= 0.3 is 0 Å². The third-order valence-electron chi connectivity index (χ3n) is 6.63. The lowest BCUT2D eigenvalue weighted by Gasteiger charge is -2.39. The van der Waals surface area contributed by atoms with E-state index >= 15 is 0 Å². The average molecular weight is 331 g/mol. The number of hydrogen-bond acceptors (Lipinski definition) is 5. The lowest BCUT2D eigenvalue weighted by Crippen LogP contribution is -2.43. The van der Waals surface area contributed by atoms with Crippen molar-refractivity contribution in [3.8, 4) is 0 Å². The highest BCUT2D eigenvalue weighted by Crippen LogP contribution is 2.71. The van der Waals surface area contributed by atoms with Crippen molar-refractivity contribution in [2.24, 2.45) is 21.4 Å². The maximum absolute atomic E-state index is 13.1. The minimum absolute atomic E-state index is 0.0181. The number of carbonyl (C=O) groups is 1. The van der Waals surface area contributed by atoms with Gasteiger partial charge in [0.15, 0.2) is 0 Å². The van der Waals surface area contributed by atoms with E-state index in [0.717, 1.165) is 12.8 Å². The Morgan fingerprint density at radius 2 is 1.88 bits per heavy atom. The van der Waals surface area contributed by atoms with Crippen LogP contribution in [0.1, 0.15) is 40.0 Å². The van der Waals surface area contributed by atoms with Crippen LogP contribution in [0.25, 0.3) is 0 Å². The zero-order chi connectivity index (χ0) is 17.8. The number of nitro benzene ring substituents is 1. The summed E-state index contributed by atoms with van der Waals surface area (Å²) >= 11 is 0. The summed E-state index contributed by atoms with van der Waals surface area (Å²) in [6, 6.07) is 5.80. The lowest BCUT2D eigenvalue weighted by atomic mass is 9.64. The van der Waals surface area contributed by atoms with Gasteiger partial charge in [0.2, 0.25) is 5.91 Å². The Hall–Kier alpha value is -2.44. The molecular weight excluding hydrogens is 310 g/mol. The highest BCUT2D eigenvalue weighted by molar-refractivity contribution is 6.06. The van der Waals surface area contributed by atoms with Crippen LogP contribution in [0.2, 0.25) is 0 Å². The first-order valence-corrected chi connectivity index (χ1v) is 7.95. The molecule has 24 heavy (non-hydrogen) atoms. The predicted molar refractivity (Wildman–Crippen MR) is 89.1 cm³/mol. The summed E-state index contributed by atoms with van der Waals surface area (Å²) in [7, 11) is 0. The number of rotatable bonds is 3. The Bertz CT molecular complexity index is 741. The van der Waals surface area contributed by atoms with Crippen LogP contribution in [0.5, 0.6) is 0 Å². The Kier molecular flexibility index (Phi) is 3.44. The summed E-state index contributed by atoms with van der Waals surface area (Å²) in [4.78, 5) is 23.3. The molecule has 0 saturated heterocycles. The number of hydrogen-bond donors (Lipinski definition) is 2. The van der Waals surface area contributed by atoms with Gasteiger partial charge < -0.3 is 10.5 Å². The maximum Gasteiger partial charge on any atom is 0.269 e. The van der Waals surface area contributed by atoms with Crippen molar-refractivity contribution in [3.63, 3.8) is 0 Å². The predicted octanol–water partition coefficient (Wildman–Crippen LogP) is 3.58. The molecule has 0 heterocycles. The number of anilines is 1. The van der Waals surface area contributed by atoms with Crippen molar-refractivity contribution in [1.29, 1.82) is 0 Å². The van der Waals surface area contributed by atoms with Crippen LogP contribution in [0.15, 0.2) is 29.4 Å². The lowest BCUT2D eigenvalue weighted by molar-refractivity contribution is -0.384. The van der Waals surface area contributed by atoms with Crippen molar-refractivity contribution in [2.75, 3.05) is 5.32 Å². The number of amides is 1. The van der Waals surface area contributed by atoms with E-state index in [2.05, 4.69) is 17.4 Å². The van der Waals surface area contributed by atoms with Crippen LogP contribution in [0.4, 0.5) is 11.4 Å². The molecule has 2 unspecified atom stereocenters. The molecule has 7 nitrogen and oxygen atoms in total. The van der Waals surface area contributed by atoms with E-state index in [9.17, 15) is 20.1 Å². The molecule has 2 bridgehead atoms. The average Bonchev–Trinajstić information content (AvgIpc) is 2.85. The second-order valence-corrected chi connectivity index (χ2v) is 7.52. The van der Waals surface area contributed by atoms with E-state index in [1.807, 2.05) is 13.8 Å². The van der Waals surface area contributed by atoms with Gasteiger partial charge in [0, 0.05) is 29.7 Å². The zero-order valence-electron chi connectivity index (χ0n) is 14.0. The van der Waals surface area contributed by atoms with Crippen molar-refractivity contribution < 1.29 is 14.9 Å². The normalized spacial score (nSPS) is 32.0. The quantitative estimate of drug-likeness (QED) is 0.501. The number of non-ortho nitro benzene ring substituents is 1. The Balaban J connectivity index is 1.89. The summed E-state index contributed by atoms with van der Waals surface area (Å²) in [5.41, 5.74) is -0.0848. The highest BCUT2D eigenvalue weighted by Gasteiger charge is 2.71. The van der Waals surface area contributed by atoms with Crippen molar-refractivity contribution in [1.82, 2.24) is 0 Å². The van der Waals surface area contributed by atoms with Crippen LogP contribution in [0.3, 0.4) is 0 Å². The first-order valence-electron chi connectivity index (χ1n) is 7.95. The van der Waals surface area contributed by atoms with Crippen LogP contribution < -0.4 is 5.32 Å². The van der Waals surface area contributed by atoms with Gasteiger partial charge in [-0.2, -0.15) is 0 Å². The van der Waals surface area contributed by atoms with Gasteiger partial charge in [0.05, 0.1) is 16.0 Å². The first-order chi connectivity index (χ1) is 11.2. The molecule has 1 amide bonds. The summed E-state index contributed by atoms with van der Waals surface area (Å²) in [5.74, 6) is -0.122. The molecule has 7 heteroatoms. The molecule has 3 rings (SSSR count). The van der Waals surface area contributed by atoms with Gasteiger partial charge in [-0.25, -0.2) is 0 Å². The summed E-state index contributed by atoms with van der Waals surface area (Å²) in [6.45, 7) is 6.15. The molecule has 2 N–H and O–H groups in total. The van der Waals surface area contributed by atoms with E-state index in [1.165, 1.54) is 24.3 Å². The number of oxime groups is 1. The minimum atomic E-state index is -0.634. The van der Waals surface area contributed by atoms with E-state index < -0.39 is 10.3 Å². The molecule has 0 spiro atoms.